The average molecular weight is 354 g/mol. The van der Waals surface area contributed by atoms with Crippen molar-refractivity contribution in [2.45, 2.75) is 51.6 Å². The van der Waals surface area contributed by atoms with E-state index >= 15 is 0 Å². The number of likely N-dealkylation sites (N-methyl/N-ethyl adjacent to an activating group) is 1. The van der Waals surface area contributed by atoms with Crippen LogP contribution in [-0.2, 0) is 19.1 Å². The summed E-state index contributed by atoms with van der Waals surface area (Å²) >= 11 is 0. The molecule has 142 valence electrons. The van der Waals surface area contributed by atoms with Crippen molar-refractivity contribution in [1.82, 2.24) is 9.80 Å². The maximum Gasteiger partial charge on any atom is 0.306 e. The lowest BCUT2D eigenvalue weighted by Crippen LogP contribution is -2.46. The van der Waals surface area contributed by atoms with Crippen LogP contribution in [0, 0.1) is 11.8 Å². The van der Waals surface area contributed by atoms with Gasteiger partial charge in [-0.05, 0) is 31.6 Å². The highest BCUT2D eigenvalue weighted by Crippen LogP contribution is 2.26. The zero-order valence-corrected chi connectivity index (χ0v) is 15.3. The molecule has 2 atom stereocenters. The molecule has 0 aromatic rings. The van der Waals surface area contributed by atoms with Crippen molar-refractivity contribution >= 4 is 17.8 Å². The van der Waals surface area contributed by atoms with E-state index in [4.69, 9.17) is 9.84 Å². The third-order valence-corrected chi connectivity index (χ3v) is 5.45. The summed E-state index contributed by atoms with van der Waals surface area (Å²) < 4.78 is 5.76. The van der Waals surface area contributed by atoms with Crippen molar-refractivity contribution in [3.05, 3.63) is 0 Å². The number of carboxylic acid groups (broad SMARTS) is 1. The van der Waals surface area contributed by atoms with Crippen LogP contribution < -0.4 is 0 Å². The second-order valence-electron chi connectivity index (χ2n) is 7.35. The van der Waals surface area contributed by atoms with Crippen molar-refractivity contribution in [3.8, 4) is 0 Å². The first-order chi connectivity index (χ1) is 11.9. The predicted octanol–water partition coefficient (Wildman–Crippen LogP) is 1.36. The number of carbonyl (C=O) groups excluding carboxylic acids is 2. The summed E-state index contributed by atoms with van der Waals surface area (Å²) in [5.74, 6) is -1.01. The molecule has 0 bridgehead atoms. The molecule has 1 saturated heterocycles. The van der Waals surface area contributed by atoms with Crippen LogP contribution in [0.25, 0.3) is 0 Å². The Bertz CT molecular complexity index is 488. The lowest BCUT2D eigenvalue weighted by molar-refractivity contribution is -0.147. The molecule has 0 spiro atoms. The second kappa shape index (κ2) is 9.17. The van der Waals surface area contributed by atoms with Crippen LogP contribution in [0.3, 0.4) is 0 Å². The summed E-state index contributed by atoms with van der Waals surface area (Å²) in [6, 6.07) is 0. The summed E-state index contributed by atoms with van der Waals surface area (Å²) in [7, 11) is 1.61. The zero-order valence-electron chi connectivity index (χ0n) is 15.3. The highest BCUT2D eigenvalue weighted by atomic mass is 16.5. The Morgan fingerprint density at radius 2 is 1.76 bits per heavy atom. The molecule has 0 aromatic carbocycles. The van der Waals surface area contributed by atoms with Gasteiger partial charge in [0.2, 0.25) is 11.8 Å². The topological polar surface area (TPSA) is 87.2 Å². The second-order valence-corrected chi connectivity index (χ2v) is 7.35. The molecule has 2 fully saturated rings. The van der Waals surface area contributed by atoms with Gasteiger partial charge in [0.25, 0.3) is 0 Å². The first kappa shape index (κ1) is 19.7. The van der Waals surface area contributed by atoms with Crippen molar-refractivity contribution in [2.24, 2.45) is 11.8 Å². The Labute approximate surface area is 149 Å². The molecule has 2 aliphatic rings. The van der Waals surface area contributed by atoms with Gasteiger partial charge in [-0.1, -0.05) is 19.8 Å². The van der Waals surface area contributed by atoms with Crippen molar-refractivity contribution < 1.29 is 24.2 Å². The number of likely N-dealkylation sites (tertiary alicyclic amines) is 1. The molecule has 1 heterocycles. The smallest absolute Gasteiger partial charge is 0.306 e. The summed E-state index contributed by atoms with van der Waals surface area (Å²) in [4.78, 5) is 38.5. The summed E-state index contributed by atoms with van der Waals surface area (Å²) in [5.41, 5.74) is 0. The molecule has 2 amide bonds. The quantitative estimate of drug-likeness (QED) is 0.778. The molecular formula is C18H30N2O5. The SMILES string of the molecule is CC1CCCCC1OCC(=O)N(C)CC(=O)N1CCC(C(=O)O)CC1. The number of amides is 2. The molecule has 7 nitrogen and oxygen atoms in total. The number of nitrogens with zero attached hydrogens (tertiary/aromatic N) is 2. The highest BCUT2D eigenvalue weighted by Gasteiger charge is 2.28. The van der Waals surface area contributed by atoms with Gasteiger partial charge in [-0.25, -0.2) is 0 Å². The van der Waals surface area contributed by atoms with Crippen LogP contribution >= 0.6 is 0 Å². The van der Waals surface area contributed by atoms with Crippen LogP contribution in [0.1, 0.15) is 45.4 Å². The van der Waals surface area contributed by atoms with Gasteiger partial charge in [0.1, 0.15) is 6.61 Å². The first-order valence-corrected chi connectivity index (χ1v) is 9.24. The monoisotopic (exact) mass is 354 g/mol. The van der Waals surface area contributed by atoms with E-state index in [1.807, 2.05) is 0 Å². The molecule has 2 rings (SSSR count). The minimum atomic E-state index is -0.798. The number of hydrogen-bond acceptors (Lipinski definition) is 4. The Morgan fingerprint density at radius 1 is 1.12 bits per heavy atom. The van der Waals surface area contributed by atoms with Gasteiger partial charge >= 0.3 is 5.97 Å². The number of aliphatic carboxylic acids is 1. The molecule has 7 heteroatoms. The first-order valence-electron chi connectivity index (χ1n) is 9.24. The van der Waals surface area contributed by atoms with E-state index in [0.29, 0.717) is 31.8 Å². The molecular weight excluding hydrogens is 324 g/mol. The van der Waals surface area contributed by atoms with Crippen LogP contribution in [0.2, 0.25) is 0 Å². The molecule has 1 saturated carbocycles. The largest absolute Gasteiger partial charge is 0.481 e. The van der Waals surface area contributed by atoms with E-state index in [9.17, 15) is 14.4 Å². The minimum Gasteiger partial charge on any atom is -0.481 e. The summed E-state index contributed by atoms with van der Waals surface area (Å²) in [5, 5.41) is 9.00. The van der Waals surface area contributed by atoms with Gasteiger partial charge in [-0.3, -0.25) is 14.4 Å². The molecule has 25 heavy (non-hydrogen) atoms. The fraction of sp³-hybridized carbons (Fsp3) is 0.833. The van der Waals surface area contributed by atoms with E-state index in [2.05, 4.69) is 6.92 Å². The predicted molar refractivity (Wildman–Crippen MR) is 91.9 cm³/mol. The molecule has 2 unspecified atom stereocenters. The number of carbonyl (C=O) groups is 3. The third-order valence-electron chi connectivity index (χ3n) is 5.45. The van der Waals surface area contributed by atoms with E-state index in [1.165, 1.54) is 11.3 Å². The number of ether oxygens (including phenoxy) is 1. The van der Waals surface area contributed by atoms with Gasteiger partial charge in [0.15, 0.2) is 0 Å². The molecule has 1 N–H and O–H groups in total. The third kappa shape index (κ3) is 5.70. The van der Waals surface area contributed by atoms with Gasteiger partial charge < -0.3 is 19.6 Å². The number of rotatable bonds is 6. The van der Waals surface area contributed by atoms with Gasteiger partial charge in [0, 0.05) is 20.1 Å². The van der Waals surface area contributed by atoms with Crippen molar-refractivity contribution in [1.29, 1.82) is 0 Å². The Morgan fingerprint density at radius 3 is 2.36 bits per heavy atom. The van der Waals surface area contributed by atoms with E-state index in [1.54, 1.807) is 11.9 Å². The fourth-order valence-corrected chi connectivity index (χ4v) is 3.59. The molecule has 0 radical (unpaired) electrons. The van der Waals surface area contributed by atoms with Crippen LogP contribution in [-0.4, -0.2) is 72.1 Å². The van der Waals surface area contributed by atoms with E-state index in [-0.39, 0.29) is 37.0 Å². The normalized spacial score (nSPS) is 24.8. The summed E-state index contributed by atoms with van der Waals surface area (Å²) in [6.45, 7) is 3.06. The highest BCUT2D eigenvalue weighted by molar-refractivity contribution is 5.85. The van der Waals surface area contributed by atoms with Crippen LogP contribution in [0.4, 0.5) is 0 Å². The van der Waals surface area contributed by atoms with Gasteiger partial charge in [-0.15, -0.1) is 0 Å². The molecule has 1 aliphatic carbocycles. The van der Waals surface area contributed by atoms with Crippen LogP contribution in [0.5, 0.6) is 0 Å². The maximum absolute atomic E-state index is 12.3. The Balaban J connectivity index is 1.71. The minimum absolute atomic E-state index is 0.0138. The number of piperidine rings is 1. The Kier molecular flexibility index (Phi) is 7.23. The van der Waals surface area contributed by atoms with E-state index < -0.39 is 5.97 Å². The molecule has 1 aliphatic heterocycles. The number of hydrogen-bond donors (Lipinski definition) is 1. The lowest BCUT2D eigenvalue weighted by atomic mass is 9.88. The number of carboxylic acids is 1. The van der Waals surface area contributed by atoms with Gasteiger partial charge in [-0.2, -0.15) is 0 Å². The van der Waals surface area contributed by atoms with Crippen LogP contribution in [0.15, 0.2) is 0 Å². The van der Waals surface area contributed by atoms with Crippen molar-refractivity contribution in [2.75, 3.05) is 33.3 Å². The molecule has 0 aromatic heterocycles. The zero-order chi connectivity index (χ0) is 18.4. The average Bonchev–Trinajstić information content (AvgIpc) is 2.60. The fourth-order valence-electron chi connectivity index (χ4n) is 3.59. The Hall–Kier alpha value is -1.63. The standard InChI is InChI=1S/C18H30N2O5/c1-13-5-3-4-6-15(13)25-12-17(22)19(2)11-16(21)20-9-7-14(8-10-20)18(23)24/h13-15H,3-12H2,1-2H3,(H,23,24). The van der Waals surface area contributed by atoms with E-state index in [0.717, 1.165) is 19.3 Å². The van der Waals surface area contributed by atoms with Gasteiger partial charge in [0.05, 0.1) is 18.6 Å². The van der Waals surface area contributed by atoms with Crippen molar-refractivity contribution in [3.63, 3.8) is 0 Å². The summed E-state index contributed by atoms with van der Waals surface area (Å²) in [6.07, 6.45) is 5.58. The lowest BCUT2D eigenvalue weighted by Gasteiger charge is -2.32. The maximum atomic E-state index is 12.3.